The van der Waals surface area contributed by atoms with Gasteiger partial charge in [0.1, 0.15) is 6.33 Å². The summed E-state index contributed by atoms with van der Waals surface area (Å²) in [6.45, 7) is 0. The summed E-state index contributed by atoms with van der Waals surface area (Å²) >= 11 is 0. The summed E-state index contributed by atoms with van der Waals surface area (Å²) in [5, 5.41) is 11.5. The molecule has 1 heterocycles. The molecule has 0 aliphatic rings. The second-order valence-corrected chi connectivity index (χ2v) is 3.81. The molecule has 6 heteroatoms. The van der Waals surface area contributed by atoms with Gasteiger partial charge in [0.25, 0.3) is 5.91 Å². The van der Waals surface area contributed by atoms with Crippen LogP contribution in [0, 0.1) is 0 Å². The Morgan fingerprint density at radius 3 is 2.53 bits per heavy atom. The van der Waals surface area contributed by atoms with Crippen LogP contribution in [0.25, 0.3) is 0 Å². The molecule has 0 radical (unpaired) electrons. The highest BCUT2D eigenvalue weighted by Gasteiger charge is 2.11. The van der Waals surface area contributed by atoms with Crippen molar-refractivity contribution in [3.05, 3.63) is 54.1 Å². The van der Waals surface area contributed by atoms with Crippen LogP contribution in [0.2, 0.25) is 0 Å². The molecule has 2 rings (SSSR count). The molecule has 2 N–H and O–H groups in total. The Balaban J connectivity index is 2.19. The number of para-hydroxylation sites is 1. The molecule has 96 valence electrons. The molecule has 0 atom stereocenters. The van der Waals surface area contributed by atoms with Gasteiger partial charge in [-0.05, 0) is 11.6 Å². The number of hydrogen-bond donors (Lipinski definition) is 2. The zero-order valence-corrected chi connectivity index (χ0v) is 9.91. The smallest absolute Gasteiger partial charge is 0.307 e. The third kappa shape index (κ3) is 3.35. The number of nitrogens with one attached hydrogen (secondary N) is 1. The van der Waals surface area contributed by atoms with Crippen molar-refractivity contribution in [2.24, 2.45) is 0 Å². The molecule has 0 unspecified atom stereocenters. The predicted molar refractivity (Wildman–Crippen MR) is 67.8 cm³/mol. The van der Waals surface area contributed by atoms with E-state index in [1.54, 1.807) is 24.3 Å². The molecule has 1 aromatic heterocycles. The zero-order chi connectivity index (χ0) is 13.7. The molecule has 2 aromatic rings. The minimum Gasteiger partial charge on any atom is -0.481 e. The second-order valence-electron chi connectivity index (χ2n) is 3.81. The van der Waals surface area contributed by atoms with Gasteiger partial charge in [-0.3, -0.25) is 9.59 Å². The van der Waals surface area contributed by atoms with Crippen molar-refractivity contribution < 1.29 is 14.7 Å². The molecule has 0 aliphatic carbocycles. The number of hydrogen-bond acceptors (Lipinski definition) is 4. The maximum atomic E-state index is 11.9. The Kier molecular flexibility index (Phi) is 3.82. The first-order valence-corrected chi connectivity index (χ1v) is 5.53. The summed E-state index contributed by atoms with van der Waals surface area (Å²) in [5.41, 5.74) is 1.33. The minimum absolute atomic E-state index is 0.151. The number of aromatic nitrogens is 2. The van der Waals surface area contributed by atoms with E-state index in [9.17, 15) is 9.59 Å². The third-order valence-electron chi connectivity index (χ3n) is 2.43. The quantitative estimate of drug-likeness (QED) is 0.862. The maximum Gasteiger partial charge on any atom is 0.307 e. The number of nitrogens with zero attached hydrogens (tertiary/aromatic N) is 2. The number of carbonyl (C=O) groups is 2. The monoisotopic (exact) mass is 257 g/mol. The summed E-state index contributed by atoms with van der Waals surface area (Å²) in [7, 11) is 0. The first kappa shape index (κ1) is 12.7. The van der Waals surface area contributed by atoms with Gasteiger partial charge in [0.2, 0.25) is 0 Å². The SMILES string of the molecule is O=C(O)Cc1ccccc1NC(=O)c1cncnc1. The van der Waals surface area contributed by atoms with Crippen LogP contribution < -0.4 is 5.32 Å². The molecule has 19 heavy (non-hydrogen) atoms. The Morgan fingerprint density at radius 1 is 1.16 bits per heavy atom. The lowest BCUT2D eigenvalue weighted by atomic mass is 10.1. The van der Waals surface area contributed by atoms with E-state index >= 15 is 0 Å². The molecular formula is C13H11N3O3. The molecule has 0 fully saturated rings. The van der Waals surface area contributed by atoms with Gasteiger partial charge < -0.3 is 10.4 Å². The van der Waals surface area contributed by atoms with Crippen molar-refractivity contribution in [1.82, 2.24) is 9.97 Å². The van der Waals surface area contributed by atoms with E-state index in [0.717, 1.165) is 0 Å². The minimum atomic E-state index is -0.954. The Bertz CT molecular complexity index is 599. The molecule has 0 spiro atoms. The van der Waals surface area contributed by atoms with Crippen molar-refractivity contribution in [3.8, 4) is 0 Å². The number of anilines is 1. The first-order chi connectivity index (χ1) is 9.16. The van der Waals surface area contributed by atoms with Crippen molar-refractivity contribution in [2.45, 2.75) is 6.42 Å². The summed E-state index contributed by atoms with van der Waals surface area (Å²) in [6, 6.07) is 6.76. The number of benzene rings is 1. The molecule has 0 saturated carbocycles. The lowest BCUT2D eigenvalue weighted by Crippen LogP contribution is -2.14. The summed E-state index contributed by atoms with van der Waals surface area (Å²) in [4.78, 5) is 30.2. The van der Waals surface area contributed by atoms with Crippen molar-refractivity contribution in [3.63, 3.8) is 0 Å². The fourth-order valence-electron chi connectivity index (χ4n) is 1.57. The van der Waals surface area contributed by atoms with E-state index in [4.69, 9.17) is 5.11 Å². The Hall–Kier alpha value is -2.76. The van der Waals surface area contributed by atoms with Gasteiger partial charge in [-0.15, -0.1) is 0 Å². The fraction of sp³-hybridized carbons (Fsp3) is 0.0769. The molecule has 1 amide bonds. The van der Waals surface area contributed by atoms with Gasteiger partial charge in [-0.1, -0.05) is 18.2 Å². The second kappa shape index (κ2) is 5.72. The highest BCUT2D eigenvalue weighted by molar-refractivity contribution is 6.04. The molecule has 1 aromatic carbocycles. The molecular weight excluding hydrogens is 246 g/mol. The number of rotatable bonds is 4. The van der Waals surface area contributed by atoms with Crippen LogP contribution in [0.15, 0.2) is 43.0 Å². The maximum absolute atomic E-state index is 11.9. The molecule has 0 aliphatic heterocycles. The van der Waals surface area contributed by atoms with Gasteiger partial charge in [0, 0.05) is 18.1 Å². The third-order valence-corrected chi connectivity index (χ3v) is 2.43. The summed E-state index contributed by atoms with van der Waals surface area (Å²) < 4.78 is 0. The van der Waals surface area contributed by atoms with Crippen LogP contribution in [0.4, 0.5) is 5.69 Å². The van der Waals surface area contributed by atoms with E-state index in [1.807, 2.05) is 0 Å². The lowest BCUT2D eigenvalue weighted by molar-refractivity contribution is -0.136. The Labute approximate surface area is 109 Å². The van der Waals surface area contributed by atoms with E-state index in [0.29, 0.717) is 16.8 Å². The normalized spacial score (nSPS) is 9.89. The predicted octanol–water partition coefficient (Wildman–Crippen LogP) is 1.36. The largest absolute Gasteiger partial charge is 0.481 e. The average Bonchev–Trinajstić information content (AvgIpc) is 2.41. The van der Waals surface area contributed by atoms with Crippen LogP contribution in [-0.4, -0.2) is 27.0 Å². The van der Waals surface area contributed by atoms with Gasteiger partial charge in [-0.25, -0.2) is 9.97 Å². The average molecular weight is 257 g/mol. The van der Waals surface area contributed by atoms with Crippen LogP contribution in [-0.2, 0) is 11.2 Å². The highest BCUT2D eigenvalue weighted by atomic mass is 16.4. The fourth-order valence-corrected chi connectivity index (χ4v) is 1.57. The van der Waals surface area contributed by atoms with Crippen LogP contribution in [0.1, 0.15) is 15.9 Å². The number of carbonyl (C=O) groups excluding carboxylic acids is 1. The number of aliphatic carboxylic acids is 1. The van der Waals surface area contributed by atoms with E-state index in [2.05, 4.69) is 15.3 Å². The lowest BCUT2D eigenvalue weighted by Gasteiger charge is -2.09. The molecule has 6 nitrogen and oxygen atoms in total. The van der Waals surface area contributed by atoms with E-state index in [-0.39, 0.29) is 12.3 Å². The number of carboxylic acid groups (broad SMARTS) is 1. The molecule has 0 saturated heterocycles. The zero-order valence-electron chi connectivity index (χ0n) is 9.91. The number of carboxylic acids is 1. The van der Waals surface area contributed by atoms with Gasteiger partial charge in [-0.2, -0.15) is 0 Å². The van der Waals surface area contributed by atoms with Crippen LogP contribution >= 0.6 is 0 Å². The Morgan fingerprint density at radius 2 is 1.84 bits per heavy atom. The topological polar surface area (TPSA) is 92.2 Å². The standard InChI is InChI=1S/C13H11N3O3/c17-12(18)5-9-3-1-2-4-11(9)16-13(19)10-6-14-8-15-7-10/h1-4,6-8H,5H2,(H,16,19)(H,17,18). The molecule has 0 bridgehead atoms. The van der Waals surface area contributed by atoms with Crippen molar-refractivity contribution in [2.75, 3.05) is 5.32 Å². The first-order valence-electron chi connectivity index (χ1n) is 5.53. The van der Waals surface area contributed by atoms with Crippen molar-refractivity contribution in [1.29, 1.82) is 0 Å². The van der Waals surface area contributed by atoms with Crippen LogP contribution in [0.5, 0.6) is 0 Å². The summed E-state index contributed by atoms with van der Waals surface area (Å²) in [5.74, 6) is -1.33. The van der Waals surface area contributed by atoms with E-state index < -0.39 is 5.97 Å². The van der Waals surface area contributed by atoms with Gasteiger partial charge in [0.15, 0.2) is 0 Å². The number of amides is 1. The van der Waals surface area contributed by atoms with Crippen LogP contribution in [0.3, 0.4) is 0 Å². The summed E-state index contributed by atoms with van der Waals surface area (Å²) in [6.07, 6.45) is 3.96. The van der Waals surface area contributed by atoms with Gasteiger partial charge >= 0.3 is 5.97 Å². The van der Waals surface area contributed by atoms with E-state index in [1.165, 1.54) is 18.7 Å². The van der Waals surface area contributed by atoms with Crippen molar-refractivity contribution >= 4 is 17.6 Å². The van der Waals surface area contributed by atoms with Gasteiger partial charge in [0.05, 0.1) is 12.0 Å². The highest BCUT2D eigenvalue weighted by Crippen LogP contribution is 2.16.